The highest BCUT2D eigenvalue weighted by Gasteiger charge is 2.28. The summed E-state index contributed by atoms with van der Waals surface area (Å²) in [4.78, 5) is 25.1. The molecule has 1 saturated carbocycles. The van der Waals surface area contributed by atoms with E-state index >= 15 is 0 Å². The molecule has 1 heterocycles. The molecule has 0 radical (unpaired) electrons. The van der Waals surface area contributed by atoms with Gasteiger partial charge in [-0.1, -0.05) is 19.3 Å². The minimum absolute atomic E-state index is 0. The van der Waals surface area contributed by atoms with Gasteiger partial charge in [0.1, 0.15) is 11.8 Å². The molecule has 1 aliphatic carbocycles. The Morgan fingerprint density at radius 2 is 1.89 bits per heavy atom. The van der Waals surface area contributed by atoms with Crippen LogP contribution in [0.4, 0.5) is 11.4 Å². The predicted molar refractivity (Wildman–Crippen MR) is 111 cm³/mol. The molecular weight excluding hydrogens is 382 g/mol. The number of rotatable bonds is 5. The molecule has 8 heteroatoms. The third-order valence-electron chi connectivity index (χ3n) is 5.30. The molecule has 7 nitrogen and oxygen atoms in total. The Morgan fingerprint density at radius 1 is 1.14 bits per heavy atom. The number of halogens is 1. The van der Waals surface area contributed by atoms with Gasteiger partial charge in [-0.15, -0.1) is 12.4 Å². The van der Waals surface area contributed by atoms with Crippen molar-refractivity contribution in [3.8, 4) is 5.75 Å². The Balaban J connectivity index is 0.00000280. The molecule has 0 aromatic heterocycles. The van der Waals surface area contributed by atoms with Crippen LogP contribution in [-0.4, -0.2) is 44.2 Å². The molecule has 3 N–H and O–H groups in total. The zero-order valence-corrected chi connectivity index (χ0v) is 17.3. The van der Waals surface area contributed by atoms with E-state index in [0.717, 1.165) is 25.7 Å². The van der Waals surface area contributed by atoms with Gasteiger partial charge in [0, 0.05) is 18.2 Å². The van der Waals surface area contributed by atoms with Gasteiger partial charge in [0.2, 0.25) is 11.8 Å². The van der Waals surface area contributed by atoms with Gasteiger partial charge in [-0.25, -0.2) is 0 Å². The normalized spacial score (nSPS) is 22.6. The molecule has 2 amide bonds. The van der Waals surface area contributed by atoms with E-state index in [1.165, 1.54) is 6.42 Å². The minimum Gasteiger partial charge on any atom is -0.495 e. The predicted octanol–water partition coefficient (Wildman–Crippen LogP) is 2.95. The quantitative estimate of drug-likeness (QED) is 0.693. The summed E-state index contributed by atoms with van der Waals surface area (Å²) in [6, 6.07) is 4.86. The first-order chi connectivity index (χ1) is 13.1. The van der Waals surface area contributed by atoms with Crippen LogP contribution in [-0.2, 0) is 14.3 Å². The van der Waals surface area contributed by atoms with Gasteiger partial charge in [0.25, 0.3) is 0 Å². The smallest absolute Gasteiger partial charge is 0.244 e. The van der Waals surface area contributed by atoms with Crippen molar-refractivity contribution >= 4 is 35.6 Å². The molecule has 1 aromatic rings. The molecule has 2 aliphatic rings. The number of nitrogens with one attached hydrogen (secondary N) is 3. The third kappa shape index (κ3) is 5.59. The van der Waals surface area contributed by atoms with Crippen LogP contribution in [0.2, 0.25) is 0 Å². The number of carbonyl (C=O) groups is 2. The van der Waals surface area contributed by atoms with E-state index in [1.54, 1.807) is 25.3 Å². The van der Waals surface area contributed by atoms with Crippen LogP contribution in [0.3, 0.4) is 0 Å². The zero-order chi connectivity index (χ0) is 19.2. The van der Waals surface area contributed by atoms with Crippen LogP contribution >= 0.6 is 12.4 Å². The fourth-order valence-electron chi connectivity index (χ4n) is 3.73. The second-order valence-electron chi connectivity index (χ2n) is 7.24. The van der Waals surface area contributed by atoms with E-state index in [2.05, 4.69) is 16.0 Å². The first kappa shape index (κ1) is 22.5. The highest BCUT2D eigenvalue weighted by atomic mass is 35.5. The minimum atomic E-state index is -0.402. The SMILES string of the molecule is COc1ccc(NC(=O)[C@H]2NCCO[C@@H]2C)cc1NC(=O)C1CCCCC1.Cl. The van der Waals surface area contributed by atoms with Crippen LogP contribution in [0.1, 0.15) is 39.0 Å². The van der Waals surface area contributed by atoms with Gasteiger partial charge >= 0.3 is 0 Å². The molecule has 2 atom stereocenters. The molecule has 0 unspecified atom stereocenters. The van der Waals surface area contributed by atoms with Gasteiger partial charge in [-0.2, -0.15) is 0 Å². The Kier molecular flexibility index (Phi) is 8.54. The summed E-state index contributed by atoms with van der Waals surface area (Å²) in [5.41, 5.74) is 1.19. The van der Waals surface area contributed by atoms with E-state index in [1.807, 2.05) is 6.92 Å². The summed E-state index contributed by atoms with van der Waals surface area (Å²) >= 11 is 0. The van der Waals surface area contributed by atoms with Crippen molar-refractivity contribution in [1.29, 1.82) is 0 Å². The fourth-order valence-corrected chi connectivity index (χ4v) is 3.73. The van der Waals surface area contributed by atoms with Gasteiger partial charge in [-0.3, -0.25) is 9.59 Å². The number of methoxy groups -OCH3 is 1. The van der Waals surface area contributed by atoms with Crippen molar-refractivity contribution in [2.75, 3.05) is 30.9 Å². The molecule has 1 saturated heterocycles. The van der Waals surface area contributed by atoms with Crippen LogP contribution in [0, 0.1) is 5.92 Å². The maximum Gasteiger partial charge on any atom is 0.244 e. The van der Waals surface area contributed by atoms with Crippen molar-refractivity contribution in [2.45, 2.75) is 51.2 Å². The number of hydrogen-bond donors (Lipinski definition) is 3. The number of hydrogen-bond acceptors (Lipinski definition) is 5. The lowest BCUT2D eigenvalue weighted by Crippen LogP contribution is -2.53. The lowest BCUT2D eigenvalue weighted by Gasteiger charge is -2.29. The molecular formula is C20H30ClN3O4. The van der Waals surface area contributed by atoms with Crippen molar-refractivity contribution in [3.05, 3.63) is 18.2 Å². The molecule has 2 fully saturated rings. The van der Waals surface area contributed by atoms with E-state index in [0.29, 0.717) is 30.3 Å². The second kappa shape index (κ2) is 10.6. The largest absolute Gasteiger partial charge is 0.495 e. The maximum absolute atomic E-state index is 12.6. The Bertz CT molecular complexity index is 679. The van der Waals surface area contributed by atoms with Crippen LogP contribution in [0.5, 0.6) is 5.75 Å². The number of morpholine rings is 1. The Morgan fingerprint density at radius 3 is 2.57 bits per heavy atom. The lowest BCUT2D eigenvalue weighted by atomic mass is 9.88. The zero-order valence-electron chi connectivity index (χ0n) is 16.5. The molecule has 28 heavy (non-hydrogen) atoms. The summed E-state index contributed by atoms with van der Waals surface area (Å²) in [6.45, 7) is 3.12. The first-order valence-electron chi connectivity index (χ1n) is 9.73. The summed E-state index contributed by atoms with van der Waals surface area (Å²) < 4.78 is 10.9. The summed E-state index contributed by atoms with van der Waals surface area (Å²) in [5.74, 6) is 0.486. The molecule has 0 bridgehead atoms. The number of anilines is 2. The van der Waals surface area contributed by atoms with Crippen molar-refractivity contribution in [3.63, 3.8) is 0 Å². The average Bonchev–Trinajstić information content (AvgIpc) is 2.69. The van der Waals surface area contributed by atoms with Gasteiger partial charge in [-0.05, 0) is 38.0 Å². The second-order valence-corrected chi connectivity index (χ2v) is 7.24. The fraction of sp³-hybridized carbons (Fsp3) is 0.600. The van der Waals surface area contributed by atoms with Crippen LogP contribution in [0.15, 0.2) is 18.2 Å². The van der Waals surface area contributed by atoms with E-state index < -0.39 is 6.04 Å². The molecule has 3 rings (SSSR count). The van der Waals surface area contributed by atoms with Crippen molar-refractivity contribution in [2.24, 2.45) is 5.92 Å². The van der Waals surface area contributed by atoms with Gasteiger partial charge in [0.05, 0.1) is 25.5 Å². The highest BCUT2D eigenvalue weighted by Crippen LogP contribution is 2.30. The average molecular weight is 412 g/mol. The Hall–Kier alpha value is -1.83. The number of carbonyl (C=O) groups excluding carboxylic acids is 2. The maximum atomic E-state index is 12.6. The van der Waals surface area contributed by atoms with Gasteiger partial charge < -0.3 is 25.4 Å². The molecule has 1 aromatic carbocycles. The van der Waals surface area contributed by atoms with E-state index in [9.17, 15) is 9.59 Å². The number of ether oxygens (including phenoxy) is 2. The standard InChI is InChI=1S/C20H29N3O4.ClH/c1-13-18(21-10-11-27-13)20(25)22-15-8-9-17(26-2)16(12-15)23-19(24)14-6-4-3-5-7-14;/h8-9,12-14,18,21H,3-7,10-11H2,1-2H3,(H,22,25)(H,23,24);1H/t13-,18+;/m1./s1. The van der Waals surface area contributed by atoms with Crippen molar-refractivity contribution in [1.82, 2.24) is 5.32 Å². The molecule has 1 aliphatic heterocycles. The third-order valence-corrected chi connectivity index (χ3v) is 5.30. The number of benzene rings is 1. The molecule has 156 valence electrons. The van der Waals surface area contributed by atoms with Crippen LogP contribution in [0.25, 0.3) is 0 Å². The number of amides is 2. The first-order valence-corrected chi connectivity index (χ1v) is 9.73. The van der Waals surface area contributed by atoms with E-state index in [4.69, 9.17) is 9.47 Å². The Labute approximate surface area is 172 Å². The van der Waals surface area contributed by atoms with Gasteiger partial charge in [0.15, 0.2) is 0 Å². The van der Waals surface area contributed by atoms with Crippen LogP contribution < -0.4 is 20.7 Å². The summed E-state index contributed by atoms with van der Waals surface area (Å²) in [6.07, 6.45) is 5.06. The monoisotopic (exact) mass is 411 g/mol. The lowest BCUT2D eigenvalue weighted by molar-refractivity contribution is -0.123. The molecule has 0 spiro atoms. The topological polar surface area (TPSA) is 88.7 Å². The summed E-state index contributed by atoms with van der Waals surface area (Å²) in [7, 11) is 1.56. The summed E-state index contributed by atoms with van der Waals surface area (Å²) in [5, 5.41) is 9.05. The van der Waals surface area contributed by atoms with E-state index in [-0.39, 0.29) is 36.2 Å². The highest BCUT2D eigenvalue weighted by molar-refractivity contribution is 5.98. The van der Waals surface area contributed by atoms with Crippen molar-refractivity contribution < 1.29 is 19.1 Å².